The van der Waals surface area contributed by atoms with Gasteiger partial charge in [0.05, 0.1) is 15.6 Å². The van der Waals surface area contributed by atoms with Crippen LogP contribution >= 0.6 is 34.8 Å². The third-order valence-corrected chi connectivity index (χ3v) is 6.95. The third-order valence-electron chi connectivity index (χ3n) is 5.93. The van der Waals surface area contributed by atoms with Crippen molar-refractivity contribution in [3.8, 4) is 0 Å². The number of aromatic nitrogens is 1. The van der Waals surface area contributed by atoms with Gasteiger partial charge >= 0.3 is 0 Å². The van der Waals surface area contributed by atoms with E-state index in [1.807, 2.05) is 42.5 Å². The molecule has 0 fully saturated rings. The zero-order chi connectivity index (χ0) is 22.2. The molecule has 0 saturated carbocycles. The van der Waals surface area contributed by atoms with E-state index >= 15 is 0 Å². The monoisotopic (exact) mass is 481 g/mol. The number of anilines is 2. The molecule has 5 rings (SSSR count). The van der Waals surface area contributed by atoms with Crippen LogP contribution in [0.15, 0.2) is 82.9 Å². The van der Waals surface area contributed by atoms with Gasteiger partial charge in [0.15, 0.2) is 0 Å². The molecule has 1 aliphatic carbocycles. The van der Waals surface area contributed by atoms with Crippen molar-refractivity contribution in [3.05, 3.63) is 93.5 Å². The minimum atomic E-state index is 0.0659. The van der Waals surface area contributed by atoms with Crippen molar-refractivity contribution in [2.45, 2.75) is 18.9 Å². The quantitative estimate of drug-likeness (QED) is 0.304. The average molecular weight is 483 g/mol. The van der Waals surface area contributed by atoms with Crippen molar-refractivity contribution in [1.29, 1.82) is 0 Å². The van der Waals surface area contributed by atoms with Crippen LogP contribution in [0.25, 0.3) is 21.8 Å². The largest absolute Gasteiger partial charge is 0.355 e. The summed E-state index contributed by atoms with van der Waals surface area (Å²) in [6, 6.07) is 20.5. The Labute approximate surface area is 202 Å². The van der Waals surface area contributed by atoms with Gasteiger partial charge in [0.1, 0.15) is 0 Å². The van der Waals surface area contributed by atoms with Gasteiger partial charge in [0, 0.05) is 57.3 Å². The Hall–Kier alpha value is -2.43. The van der Waals surface area contributed by atoms with E-state index in [0.29, 0.717) is 28.2 Å². The molecule has 0 bridgehead atoms. The Bertz CT molecular complexity index is 1370. The standard InChI is InChI=1S/C26H22Cl3N3/c27-17-7-11-24-20(15-17)19-8-10-23(31-18-4-2-1-3-5-18)25(26(19)32(24)13-12-30)16-6-9-21(28)22(29)14-16/h1-5,7-11,14-16,31H,6,12-13,30H2. The summed E-state index contributed by atoms with van der Waals surface area (Å²) in [4.78, 5) is 0. The number of benzene rings is 3. The first-order valence-corrected chi connectivity index (χ1v) is 11.7. The Morgan fingerprint density at radius 1 is 0.938 bits per heavy atom. The normalized spacial score (nSPS) is 16.3. The maximum absolute atomic E-state index is 6.47. The minimum Gasteiger partial charge on any atom is -0.355 e. The van der Waals surface area contributed by atoms with E-state index in [1.54, 1.807) is 0 Å². The first kappa shape index (κ1) is 21.4. The fraction of sp³-hybridized carbons (Fsp3) is 0.154. The molecule has 0 amide bonds. The zero-order valence-corrected chi connectivity index (χ0v) is 19.6. The molecule has 0 radical (unpaired) electrons. The summed E-state index contributed by atoms with van der Waals surface area (Å²) in [7, 11) is 0. The van der Waals surface area contributed by atoms with Crippen LogP contribution in [0, 0.1) is 0 Å². The molecule has 3 nitrogen and oxygen atoms in total. The topological polar surface area (TPSA) is 43.0 Å². The SMILES string of the molecule is NCCn1c2ccc(Cl)cc2c2ccc(Nc3ccccc3)c(C3C=C(Cl)C(Cl)=CC3)c21. The first-order valence-electron chi connectivity index (χ1n) is 10.6. The molecule has 3 aromatic carbocycles. The van der Waals surface area contributed by atoms with Crippen molar-refractivity contribution in [2.24, 2.45) is 5.73 Å². The lowest BCUT2D eigenvalue weighted by molar-refractivity contribution is 0.748. The molecule has 0 spiro atoms. The molecule has 3 N–H and O–H groups in total. The van der Waals surface area contributed by atoms with E-state index in [2.05, 4.69) is 40.2 Å². The molecular weight excluding hydrogens is 461 g/mol. The van der Waals surface area contributed by atoms with Crippen LogP contribution in [0.4, 0.5) is 11.4 Å². The van der Waals surface area contributed by atoms with Gasteiger partial charge in [-0.15, -0.1) is 0 Å². The van der Waals surface area contributed by atoms with Crippen molar-refractivity contribution in [2.75, 3.05) is 11.9 Å². The third kappa shape index (κ3) is 3.80. The number of rotatable bonds is 5. The predicted octanol–water partition coefficient (Wildman–Crippen LogP) is 7.88. The number of fused-ring (bicyclic) bond motifs is 3. The second-order valence-electron chi connectivity index (χ2n) is 7.92. The van der Waals surface area contributed by atoms with Gasteiger partial charge in [-0.1, -0.05) is 71.2 Å². The lowest BCUT2D eigenvalue weighted by Gasteiger charge is -2.23. The maximum atomic E-state index is 6.47. The highest BCUT2D eigenvalue weighted by atomic mass is 35.5. The zero-order valence-electron chi connectivity index (χ0n) is 17.3. The number of halogens is 3. The molecule has 1 atom stereocenters. The minimum absolute atomic E-state index is 0.0659. The molecule has 4 aromatic rings. The lowest BCUT2D eigenvalue weighted by atomic mass is 9.89. The Balaban J connectivity index is 1.82. The molecule has 1 aromatic heterocycles. The summed E-state index contributed by atoms with van der Waals surface area (Å²) in [5.74, 6) is 0.0659. The fourth-order valence-corrected chi connectivity index (χ4v) is 5.13. The van der Waals surface area contributed by atoms with Gasteiger partial charge in [0.2, 0.25) is 0 Å². The Morgan fingerprint density at radius 2 is 1.75 bits per heavy atom. The van der Waals surface area contributed by atoms with Crippen molar-refractivity contribution in [3.63, 3.8) is 0 Å². The summed E-state index contributed by atoms with van der Waals surface area (Å²) in [6.07, 6.45) is 4.81. The highest BCUT2D eigenvalue weighted by Gasteiger charge is 2.24. The number of para-hydroxylation sites is 1. The van der Waals surface area contributed by atoms with Gasteiger partial charge in [-0.3, -0.25) is 0 Å². The van der Waals surface area contributed by atoms with Gasteiger partial charge < -0.3 is 15.6 Å². The highest BCUT2D eigenvalue weighted by molar-refractivity contribution is 6.44. The number of nitrogens with two attached hydrogens (primary N) is 1. The van der Waals surface area contributed by atoms with Crippen molar-refractivity contribution < 1.29 is 0 Å². The fourth-order valence-electron chi connectivity index (χ4n) is 4.57. The van der Waals surface area contributed by atoms with Crippen LogP contribution in [0.3, 0.4) is 0 Å². The molecule has 1 heterocycles. The predicted molar refractivity (Wildman–Crippen MR) is 138 cm³/mol. The highest BCUT2D eigenvalue weighted by Crippen LogP contribution is 2.44. The molecule has 6 heteroatoms. The first-order chi connectivity index (χ1) is 15.6. The van der Waals surface area contributed by atoms with Gasteiger partial charge in [-0.2, -0.15) is 0 Å². The number of hydrogen-bond donors (Lipinski definition) is 2. The Morgan fingerprint density at radius 3 is 2.50 bits per heavy atom. The maximum Gasteiger partial charge on any atom is 0.0555 e. The van der Waals surface area contributed by atoms with Gasteiger partial charge in [-0.25, -0.2) is 0 Å². The lowest BCUT2D eigenvalue weighted by Crippen LogP contribution is -2.12. The summed E-state index contributed by atoms with van der Waals surface area (Å²) in [6.45, 7) is 1.23. The number of nitrogens with one attached hydrogen (secondary N) is 1. The van der Waals surface area contributed by atoms with Crippen LogP contribution in [0.5, 0.6) is 0 Å². The second kappa shape index (κ2) is 8.84. The summed E-state index contributed by atoms with van der Waals surface area (Å²) >= 11 is 19.1. The van der Waals surface area contributed by atoms with Gasteiger partial charge in [0.25, 0.3) is 0 Å². The molecule has 0 aliphatic heterocycles. The van der Waals surface area contributed by atoms with Crippen LogP contribution in [0.2, 0.25) is 5.02 Å². The molecule has 162 valence electrons. The number of nitrogens with zero attached hydrogens (tertiary/aromatic N) is 1. The van der Waals surface area contributed by atoms with E-state index in [0.717, 1.165) is 39.6 Å². The van der Waals surface area contributed by atoms with Crippen LogP contribution in [-0.2, 0) is 6.54 Å². The van der Waals surface area contributed by atoms with Crippen LogP contribution in [-0.4, -0.2) is 11.1 Å². The van der Waals surface area contributed by atoms with Crippen LogP contribution in [0.1, 0.15) is 17.9 Å². The molecule has 0 saturated heterocycles. The summed E-state index contributed by atoms with van der Waals surface area (Å²) in [5.41, 5.74) is 11.5. The van der Waals surface area contributed by atoms with E-state index in [1.165, 1.54) is 5.56 Å². The number of hydrogen-bond acceptors (Lipinski definition) is 2. The van der Waals surface area contributed by atoms with Crippen molar-refractivity contribution >= 4 is 68.0 Å². The second-order valence-corrected chi connectivity index (χ2v) is 9.18. The molecule has 32 heavy (non-hydrogen) atoms. The van der Waals surface area contributed by atoms with E-state index < -0.39 is 0 Å². The van der Waals surface area contributed by atoms with E-state index in [4.69, 9.17) is 40.5 Å². The molecular formula is C26H22Cl3N3. The van der Waals surface area contributed by atoms with E-state index in [-0.39, 0.29) is 5.92 Å². The van der Waals surface area contributed by atoms with Gasteiger partial charge in [-0.05, 0) is 42.8 Å². The average Bonchev–Trinajstić information content (AvgIpc) is 3.09. The smallest absolute Gasteiger partial charge is 0.0555 e. The summed E-state index contributed by atoms with van der Waals surface area (Å²) in [5, 5.41) is 7.78. The van der Waals surface area contributed by atoms with E-state index in [9.17, 15) is 0 Å². The molecule has 1 aliphatic rings. The Kier molecular flexibility index (Phi) is 5.92. The molecule has 1 unspecified atom stereocenters. The van der Waals surface area contributed by atoms with Crippen molar-refractivity contribution in [1.82, 2.24) is 4.57 Å². The van der Waals surface area contributed by atoms with Crippen LogP contribution < -0.4 is 11.1 Å². The summed E-state index contributed by atoms with van der Waals surface area (Å²) < 4.78 is 2.30. The number of allylic oxidation sites excluding steroid dienone is 4.